The zero-order chi connectivity index (χ0) is 29.4. The van der Waals surface area contributed by atoms with Gasteiger partial charge in [0.25, 0.3) is 18.8 Å². The van der Waals surface area contributed by atoms with Gasteiger partial charge in [-0.3, -0.25) is 9.36 Å². The molecule has 0 aliphatic rings. The van der Waals surface area contributed by atoms with Crippen LogP contribution in [0.3, 0.4) is 0 Å². The minimum absolute atomic E-state index is 0.109. The number of alkyl halides is 4. The molecule has 0 spiro atoms. The monoisotopic (exact) mass is 569 g/mol. The van der Waals surface area contributed by atoms with Crippen LogP contribution in [0.25, 0.3) is 22.7 Å². The third-order valence-corrected chi connectivity index (χ3v) is 6.12. The van der Waals surface area contributed by atoms with E-state index in [2.05, 4.69) is 30.6 Å². The minimum Gasteiger partial charge on any atom is -0.392 e. The maximum Gasteiger partial charge on any atom is 0.282 e. The number of carbonyl (C=O) groups is 1. The number of nitrogens with one attached hydrogen (secondary N) is 1. The molecule has 0 aliphatic carbocycles. The molecule has 0 saturated carbocycles. The van der Waals surface area contributed by atoms with Crippen molar-refractivity contribution in [2.24, 2.45) is 0 Å². The van der Waals surface area contributed by atoms with Gasteiger partial charge in [0.15, 0.2) is 11.6 Å². The van der Waals surface area contributed by atoms with Crippen LogP contribution in [0.15, 0.2) is 48.8 Å². The fourth-order valence-electron chi connectivity index (χ4n) is 4.15. The number of aromatic nitrogens is 7. The van der Waals surface area contributed by atoms with Gasteiger partial charge in [0, 0.05) is 25.3 Å². The second-order valence-corrected chi connectivity index (χ2v) is 9.21. The first kappa shape index (κ1) is 27.6. The van der Waals surface area contributed by atoms with Gasteiger partial charge in [-0.15, -0.1) is 5.10 Å². The first-order valence-corrected chi connectivity index (χ1v) is 12.1. The fourth-order valence-corrected chi connectivity index (χ4v) is 4.15. The molecule has 0 bridgehead atoms. The average Bonchev–Trinajstić information content (AvgIpc) is 3.58. The highest BCUT2D eigenvalue weighted by Gasteiger charge is 2.24. The Morgan fingerprint density at radius 3 is 2.51 bits per heavy atom. The number of aryl methyl sites for hydroxylation is 1. The number of amides is 1. The fraction of sp³-hybridized carbons (Fsp3) is 0.231. The van der Waals surface area contributed by atoms with Crippen LogP contribution in [-0.2, 0) is 6.61 Å². The van der Waals surface area contributed by atoms with Gasteiger partial charge in [-0.25, -0.2) is 32.2 Å². The highest BCUT2D eigenvalue weighted by atomic mass is 19.3. The summed E-state index contributed by atoms with van der Waals surface area (Å²) < 4.78 is 56.1. The van der Waals surface area contributed by atoms with Crippen molar-refractivity contribution in [3.05, 3.63) is 77.0 Å². The molecule has 0 unspecified atom stereocenters. The van der Waals surface area contributed by atoms with Gasteiger partial charge >= 0.3 is 0 Å². The SMILES string of the molecule is Cc1cc(C(=O)N(C)C)c(Nc2ccc3c(c2)ncn3-c2ccc(CO)c(-n3nc(C(F)F)cc3C(F)F)n2)nn1. The van der Waals surface area contributed by atoms with Crippen molar-refractivity contribution in [2.75, 3.05) is 19.4 Å². The summed E-state index contributed by atoms with van der Waals surface area (Å²) in [5, 5.41) is 24.7. The van der Waals surface area contributed by atoms with Crippen LogP contribution < -0.4 is 5.32 Å². The number of hydrogen-bond acceptors (Lipinski definition) is 8. The van der Waals surface area contributed by atoms with E-state index >= 15 is 0 Å². The molecule has 0 aliphatic heterocycles. The lowest BCUT2D eigenvalue weighted by Crippen LogP contribution is -2.23. The van der Waals surface area contributed by atoms with Crippen LogP contribution in [0.1, 0.15) is 45.9 Å². The summed E-state index contributed by atoms with van der Waals surface area (Å²) in [6.07, 6.45) is -4.73. The lowest BCUT2D eigenvalue weighted by atomic mass is 10.2. The van der Waals surface area contributed by atoms with Gasteiger partial charge in [0.05, 0.1) is 28.9 Å². The third kappa shape index (κ3) is 5.30. The first-order chi connectivity index (χ1) is 19.6. The summed E-state index contributed by atoms with van der Waals surface area (Å²) in [4.78, 5) is 22.8. The normalized spacial score (nSPS) is 11.6. The molecule has 0 atom stereocenters. The average molecular weight is 570 g/mol. The van der Waals surface area contributed by atoms with E-state index in [-0.39, 0.29) is 28.9 Å². The number of nitrogens with zero attached hydrogens (tertiary/aromatic N) is 8. The third-order valence-electron chi connectivity index (χ3n) is 6.12. The first-order valence-electron chi connectivity index (χ1n) is 12.1. The van der Waals surface area contributed by atoms with E-state index in [0.29, 0.717) is 38.7 Å². The molecule has 5 rings (SSSR count). The Hall–Kier alpha value is -4.92. The van der Waals surface area contributed by atoms with Gasteiger partial charge in [0.2, 0.25) is 0 Å². The second kappa shape index (κ2) is 10.9. The highest BCUT2D eigenvalue weighted by Crippen LogP contribution is 2.30. The van der Waals surface area contributed by atoms with Gasteiger partial charge in [-0.2, -0.15) is 10.2 Å². The Kier molecular flexibility index (Phi) is 7.36. The van der Waals surface area contributed by atoms with Gasteiger partial charge < -0.3 is 15.3 Å². The lowest BCUT2D eigenvalue weighted by molar-refractivity contribution is 0.0828. The molecule has 0 radical (unpaired) electrons. The van der Waals surface area contributed by atoms with Crippen molar-refractivity contribution in [1.82, 2.24) is 39.4 Å². The summed E-state index contributed by atoms with van der Waals surface area (Å²) in [5.41, 5.74) is 1.07. The number of fused-ring (bicyclic) bond motifs is 1. The summed E-state index contributed by atoms with van der Waals surface area (Å²) in [7, 11) is 3.26. The minimum atomic E-state index is -3.11. The second-order valence-electron chi connectivity index (χ2n) is 9.21. The predicted octanol–water partition coefficient (Wildman–Crippen LogP) is 4.52. The van der Waals surface area contributed by atoms with Crippen molar-refractivity contribution < 1.29 is 27.5 Å². The van der Waals surface area contributed by atoms with Crippen LogP contribution in [0.2, 0.25) is 0 Å². The Morgan fingerprint density at radius 2 is 1.83 bits per heavy atom. The molecular formula is C26H23F4N9O2. The zero-order valence-electron chi connectivity index (χ0n) is 21.9. The topological polar surface area (TPSA) is 127 Å². The smallest absolute Gasteiger partial charge is 0.282 e. The number of carbonyl (C=O) groups excluding carboxylic acids is 1. The maximum absolute atomic E-state index is 13.7. The Balaban J connectivity index is 1.53. The maximum atomic E-state index is 13.7. The van der Waals surface area contributed by atoms with Gasteiger partial charge in [-0.1, -0.05) is 0 Å². The van der Waals surface area contributed by atoms with Gasteiger partial charge in [-0.05, 0) is 49.4 Å². The predicted molar refractivity (Wildman–Crippen MR) is 140 cm³/mol. The molecule has 0 fully saturated rings. The summed E-state index contributed by atoms with van der Waals surface area (Å²) in [6.45, 7) is 1.14. The van der Waals surface area contributed by atoms with E-state index in [1.165, 1.54) is 23.4 Å². The number of hydrogen-bond donors (Lipinski definition) is 2. The lowest BCUT2D eigenvalue weighted by Gasteiger charge is -2.15. The summed E-state index contributed by atoms with van der Waals surface area (Å²) >= 11 is 0. The van der Waals surface area contributed by atoms with Crippen LogP contribution >= 0.6 is 0 Å². The van der Waals surface area contributed by atoms with Crippen LogP contribution in [0.4, 0.5) is 29.1 Å². The standard InChI is InChI=1S/C26H23F4N9O2/c1-13-8-16(26(41)37(2)3)24(35-34-13)32-15-5-6-19-17(9-15)31-12-38(19)21-7-4-14(11-40)25(33-21)39-20(23(29)30)10-18(36-39)22(27)28/h4-10,12,22-23,40H,11H2,1-3H3,(H,32,35). The molecule has 4 heterocycles. The number of anilines is 2. The van der Waals surface area contributed by atoms with Crippen molar-refractivity contribution in [3.8, 4) is 11.6 Å². The molecule has 1 amide bonds. The highest BCUT2D eigenvalue weighted by molar-refractivity contribution is 5.99. The number of halogens is 4. The molecule has 41 heavy (non-hydrogen) atoms. The quantitative estimate of drug-likeness (QED) is 0.261. The number of imidazole rings is 1. The molecular weight excluding hydrogens is 546 g/mol. The largest absolute Gasteiger partial charge is 0.392 e. The number of aliphatic hydroxyl groups excluding tert-OH is 1. The van der Waals surface area contributed by atoms with Crippen LogP contribution in [0, 0.1) is 6.92 Å². The van der Waals surface area contributed by atoms with Crippen LogP contribution in [0.5, 0.6) is 0 Å². The molecule has 5 aromatic rings. The summed E-state index contributed by atoms with van der Waals surface area (Å²) in [5.74, 6) is 0.00878. The molecule has 0 saturated heterocycles. The van der Waals surface area contributed by atoms with E-state index in [9.17, 15) is 27.5 Å². The number of benzene rings is 1. The van der Waals surface area contributed by atoms with Gasteiger partial charge in [0.1, 0.15) is 23.5 Å². The Labute approximate surface area is 230 Å². The molecule has 4 aromatic heterocycles. The van der Waals surface area contributed by atoms with E-state index in [0.717, 1.165) is 0 Å². The van der Waals surface area contributed by atoms with Crippen molar-refractivity contribution in [1.29, 1.82) is 0 Å². The summed E-state index contributed by atoms with van der Waals surface area (Å²) in [6, 6.07) is 10.4. The Bertz CT molecular complexity index is 1750. The molecule has 1 aromatic carbocycles. The van der Waals surface area contributed by atoms with Crippen molar-refractivity contribution in [2.45, 2.75) is 26.4 Å². The van der Waals surface area contributed by atoms with E-state index in [4.69, 9.17) is 0 Å². The number of aliphatic hydroxyl groups is 1. The number of pyridine rings is 1. The van der Waals surface area contributed by atoms with Crippen molar-refractivity contribution in [3.63, 3.8) is 0 Å². The van der Waals surface area contributed by atoms with E-state index < -0.39 is 30.8 Å². The molecule has 11 nitrogen and oxygen atoms in total. The van der Waals surface area contributed by atoms with E-state index in [1.807, 2.05) is 0 Å². The van der Waals surface area contributed by atoms with Crippen LogP contribution in [-0.4, -0.2) is 64.5 Å². The molecule has 2 N–H and O–H groups in total. The Morgan fingerprint density at radius 1 is 1.05 bits per heavy atom. The van der Waals surface area contributed by atoms with Crippen molar-refractivity contribution >= 4 is 28.4 Å². The molecule has 15 heteroatoms. The zero-order valence-corrected chi connectivity index (χ0v) is 21.9. The molecule has 212 valence electrons. The number of rotatable bonds is 8. The van der Waals surface area contributed by atoms with E-state index in [1.54, 1.807) is 49.9 Å².